The van der Waals surface area contributed by atoms with E-state index < -0.39 is 0 Å². The van der Waals surface area contributed by atoms with Crippen molar-refractivity contribution in [2.45, 2.75) is 32.0 Å². The zero-order valence-electron chi connectivity index (χ0n) is 8.62. The maximum atomic E-state index is 5.91. The maximum Gasteiger partial charge on any atom is 0.0938 e. The lowest BCUT2D eigenvalue weighted by atomic mass is 10.2. The van der Waals surface area contributed by atoms with Crippen LogP contribution >= 0.6 is 11.3 Å². The molecule has 4 heteroatoms. The molecule has 2 heterocycles. The molecular weight excluding hydrogens is 196 g/mol. The van der Waals surface area contributed by atoms with Crippen molar-refractivity contribution in [1.82, 2.24) is 10.3 Å². The van der Waals surface area contributed by atoms with Crippen LogP contribution in [0.3, 0.4) is 0 Å². The Kier molecular flexibility index (Phi) is 3.15. The van der Waals surface area contributed by atoms with Gasteiger partial charge in [-0.15, -0.1) is 11.3 Å². The first-order valence-corrected chi connectivity index (χ1v) is 5.83. The van der Waals surface area contributed by atoms with E-state index in [9.17, 15) is 0 Å². The number of nitrogens with one attached hydrogen (secondary N) is 1. The first-order valence-electron chi connectivity index (χ1n) is 5.02. The Bertz CT molecular complexity index is 300. The van der Waals surface area contributed by atoms with Crippen molar-refractivity contribution in [3.8, 4) is 0 Å². The molecular formula is C10H16N2OS. The molecule has 2 atom stereocenters. The largest absolute Gasteiger partial charge is 0.368 e. The second kappa shape index (κ2) is 4.38. The van der Waals surface area contributed by atoms with E-state index in [4.69, 9.17) is 4.74 Å². The number of thiazole rings is 1. The van der Waals surface area contributed by atoms with Crippen molar-refractivity contribution < 1.29 is 4.74 Å². The van der Waals surface area contributed by atoms with Crippen LogP contribution in [0.5, 0.6) is 0 Å². The zero-order valence-corrected chi connectivity index (χ0v) is 9.43. The van der Waals surface area contributed by atoms with Crippen LogP contribution in [0.25, 0.3) is 0 Å². The molecule has 0 radical (unpaired) electrons. The molecule has 2 unspecified atom stereocenters. The number of likely N-dealkylation sites (N-methyl/N-ethyl adjacent to an activating group) is 1. The predicted octanol–water partition coefficient (Wildman–Crippen LogP) is 1.89. The molecule has 78 valence electrons. The molecule has 14 heavy (non-hydrogen) atoms. The van der Waals surface area contributed by atoms with E-state index in [-0.39, 0.29) is 0 Å². The lowest BCUT2D eigenvalue weighted by molar-refractivity contribution is 0.0479. The van der Waals surface area contributed by atoms with E-state index in [1.807, 2.05) is 20.2 Å². The minimum Gasteiger partial charge on any atom is -0.368 e. The van der Waals surface area contributed by atoms with E-state index in [1.165, 1.54) is 4.88 Å². The van der Waals surface area contributed by atoms with E-state index in [2.05, 4.69) is 10.3 Å². The number of nitrogens with zero attached hydrogens (tertiary/aromatic N) is 1. The Hall–Kier alpha value is -0.450. The average Bonchev–Trinajstić information content (AvgIpc) is 2.74. The highest BCUT2D eigenvalue weighted by Crippen LogP contribution is 2.34. The molecule has 1 N–H and O–H groups in total. The molecule has 0 saturated carbocycles. The smallest absolute Gasteiger partial charge is 0.0938 e. The van der Waals surface area contributed by atoms with Crippen LogP contribution in [0.15, 0.2) is 6.20 Å². The minimum atomic E-state index is 0.291. The third-order valence-corrected chi connectivity index (χ3v) is 3.50. The van der Waals surface area contributed by atoms with Gasteiger partial charge < -0.3 is 10.1 Å². The number of ether oxygens (including phenoxy) is 1. The predicted molar refractivity (Wildman–Crippen MR) is 57.6 cm³/mol. The Labute approximate surface area is 88.5 Å². The molecule has 0 aliphatic carbocycles. The van der Waals surface area contributed by atoms with Gasteiger partial charge >= 0.3 is 0 Å². The van der Waals surface area contributed by atoms with Crippen molar-refractivity contribution in [2.24, 2.45) is 0 Å². The summed E-state index contributed by atoms with van der Waals surface area (Å²) in [6.07, 6.45) is 4.91. The number of hydrogen-bond donors (Lipinski definition) is 1. The van der Waals surface area contributed by atoms with Gasteiger partial charge in [0.15, 0.2) is 0 Å². The van der Waals surface area contributed by atoms with E-state index in [0.717, 1.165) is 24.4 Å². The molecule has 2 rings (SSSR count). The van der Waals surface area contributed by atoms with Gasteiger partial charge in [-0.05, 0) is 26.8 Å². The highest BCUT2D eigenvalue weighted by molar-refractivity contribution is 7.11. The molecule has 0 aromatic carbocycles. The fourth-order valence-electron chi connectivity index (χ4n) is 1.82. The quantitative estimate of drug-likeness (QED) is 0.831. The van der Waals surface area contributed by atoms with Crippen LogP contribution in [0.4, 0.5) is 0 Å². The van der Waals surface area contributed by atoms with Crippen molar-refractivity contribution in [3.05, 3.63) is 16.1 Å². The van der Waals surface area contributed by atoms with E-state index in [0.29, 0.717) is 12.2 Å². The average molecular weight is 212 g/mol. The molecule has 1 aliphatic rings. The summed E-state index contributed by atoms with van der Waals surface area (Å²) in [5.74, 6) is 0. The van der Waals surface area contributed by atoms with E-state index in [1.54, 1.807) is 11.3 Å². The second-order valence-electron chi connectivity index (χ2n) is 3.66. The zero-order chi connectivity index (χ0) is 9.97. The van der Waals surface area contributed by atoms with Crippen LogP contribution in [0.1, 0.15) is 28.8 Å². The van der Waals surface area contributed by atoms with Gasteiger partial charge in [-0.1, -0.05) is 0 Å². The summed E-state index contributed by atoms with van der Waals surface area (Å²) in [6.45, 7) is 2.99. The van der Waals surface area contributed by atoms with Crippen LogP contribution in [0, 0.1) is 6.92 Å². The summed E-state index contributed by atoms with van der Waals surface area (Å²) in [7, 11) is 1.97. The summed E-state index contributed by atoms with van der Waals surface area (Å²) in [5, 5.41) is 4.28. The SMILES string of the molecule is CNCC1CCC(c2cnc(C)s2)O1. The highest BCUT2D eigenvalue weighted by Gasteiger charge is 2.27. The Morgan fingerprint density at radius 1 is 1.64 bits per heavy atom. The van der Waals surface area contributed by atoms with Crippen molar-refractivity contribution in [1.29, 1.82) is 0 Å². The maximum absolute atomic E-state index is 5.91. The first kappa shape index (κ1) is 10.1. The van der Waals surface area contributed by atoms with Gasteiger partial charge in [-0.3, -0.25) is 0 Å². The second-order valence-corrected chi connectivity index (χ2v) is 4.93. The number of aromatic nitrogens is 1. The lowest BCUT2D eigenvalue weighted by Crippen LogP contribution is -2.22. The lowest BCUT2D eigenvalue weighted by Gasteiger charge is -2.11. The summed E-state index contributed by atoms with van der Waals surface area (Å²) in [5.41, 5.74) is 0. The number of rotatable bonds is 3. The molecule has 0 amide bonds. The molecule has 1 aromatic heterocycles. The standard InChI is InChI=1S/C10H16N2OS/c1-7-12-6-10(14-7)9-4-3-8(13-9)5-11-2/h6,8-9,11H,3-5H2,1-2H3. The van der Waals surface area contributed by atoms with Gasteiger partial charge in [-0.2, -0.15) is 0 Å². The van der Waals surface area contributed by atoms with Crippen LogP contribution in [-0.2, 0) is 4.74 Å². The van der Waals surface area contributed by atoms with E-state index >= 15 is 0 Å². The van der Waals surface area contributed by atoms with Gasteiger partial charge in [0.05, 0.1) is 22.1 Å². The third-order valence-electron chi connectivity index (χ3n) is 2.50. The normalized spacial score (nSPS) is 27.0. The molecule has 0 bridgehead atoms. The Balaban J connectivity index is 1.95. The molecule has 1 saturated heterocycles. The van der Waals surface area contributed by atoms with Crippen LogP contribution < -0.4 is 5.32 Å². The Morgan fingerprint density at radius 3 is 3.14 bits per heavy atom. The van der Waals surface area contributed by atoms with Crippen molar-refractivity contribution in [2.75, 3.05) is 13.6 Å². The highest BCUT2D eigenvalue weighted by atomic mass is 32.1. The van der Waals surface area contributed by atoms with Gasteiger partial charge in [0.1, 0.15) is 0 Å². The van der Waals surface area contributed by atoms with Gasteiger partial charge in [-0.25, -0.2) is 4.98 Å². The number of aryl methyl sites for hydroxylation is 1. The first-order chi connectivity index (χ1) is 6.79. The van der Waals surface area contributed by atoms with Gasteiger partial charge in [0.2, 0.25) is 0 Å². The molecule has 3 nitrogen and oxygen atoms in total. The molecule has 1 aromatic rings. The third kappa shape index (κ3) is 2.13. The Morgan fingerprint density at radius 2 is 2.50 bits per heavy atom. The monoisotopic (exact) mass is 212 g/mol. The fourth-order valence-corrected chi connectivity index (χ4v) is 2.68. The fraction of sp³-hybridized carbons (Fsp3) is 0.700. The molecule has 1 fully saturated rings. The molecule has 1 aliphatic heterocycles. The van der Waals surface area contributed by atoms with Crippen molar-refractivity contribution >= 4 is 11.3 Å². The van der Waals surface area contributed by atoms with Gasteiger partial charge in [0, 0.05) is 12.7 Å². The van der Waals surface area contributed by atoms with Crippen LogP contribution in [-0.4, -0.2) is 24.7 Å². The summed E-state index contributed by atoms with van der Waals surface area (Å²) < 4.78 is 5.91. The summed E-state index contributed by atoms with van der Waals surface area (Å²) >= 11 is 1.75. The summed E-state index contributed by atoms with van der Waals surface area (Å²) in [6, 6.07) is 0. The van der Waals surface area contributed by atoms with Crippen molar-refractivity contribution in [3.63, 3.8) is 0 Å². The molecule has 0 spiro atoms. The van der Waals surface area contributed by atoms with Gasteiger partial charge in [0.25, 0.3) is 0 Å². The topological polar surface area (TPSA) is 34.2 Å². The summed E-state index contributed by atoms with van der Waals surface area (Å²) in [4.78, 5) is 5.53. The minimum absolute atomic E-state index is 0.291. The van der Waals surface area contributed by atoms with Crippen LogP contribution in [0.2, 0.25) is 0 Å². The number of hydrogen-bond acceptors (Lipinski definition) is 4.